The van der Waals surface area contributed by atoms with Crippen molar-refractivity contribution in [1.82, 2.24) is 4.72 Å². The van der Waals surface area contributed by atoms with Gasteiger partial charge in [0.1, 0.15) is 5.21 Å². The molecule has 0 saturated heterocycles. The average Bonchev–Trinajstić information content (AvgIpc) is 2.02. The summed E-state index contributed by atoms with van der Waals surface area (Å²) in [6.07, 6.45) is 0. The van der Waals surface area contributed by atoms with Crippen LogP contribution in [0.15, 0.2) is 0 Å². The number of rotatable bonds is 4. The molecule has 0 fully saturated rings. The molecule has 6 heteroatoms. The Morgan fingerprint density at radius 1 is 1.58 bits per heavy atom. The van der Waals surface area contributed by atoms with Crippen molar-refractivity contribution in [3.8, 4) is 6.07 Å². The van der Waals surface area contributed by atoms with E-state index in [1.165, 1.54) is 0 Å². The lowest BCUT2D eigenvalue weighted by atomic mass is 9.97. The molecule has 0 bridgehead atoms. The zero-order valence-electron chi connectivity index (χ0n) is 6.96. The van der Waals surface area contributed by atoms with E-state index < -0.39 is 20.7 Å². The van der Waals surface area contributed by atoms with Gasteiger partial charge in [0.15, 0.2) is 0 Å². The van der Waals surface area contributed by atoms with Crippen molar-refractivity contribution < 1.29 is 8.42 Å². The predicted octanol–water partition coefficient (Wildman–Crippen LogP) is 0.652. The molecule has 0 aliphatic carbocycles. The predicted molar refractivity (Wildman–Crippen MR) is 47.0 cm³/mol. The monoisotopic (exact) mass is 210 g/mol. The van der Waals surface area contributed by atoms with Gasteiger partial charge in [-0.15, -0.1) is 11.6 Å². The van der Waals surface area contributed by atoms with Crippen LogP contribution in [0.5, 0.6) is 0 Å². The van der Waals surface area contributed by atoms with Crippen LogP contribution in [0.1, 0.15) is 13.8 Å². The minimum Gasteiger partial charge on any atom is -0.213 e. The SMILES string of the molecule is CC(C)(C#N)CNS(=O)(=O)CCl. The zero-order chi connectivity index (χ0) is 9.83. The molecule has 0 spiro atoms. The molecule has 12 heavy (non-hydrogen) atoms. The zero-order valence-corrected chi connectivity index (χ0v) is 8.54. The Morgan fingerprint density at radius 2 is 2.08 bits per heavy atom. The Balaban J connectivity index is 4.12. The van der Waals surface area contributed by atoms with Crippen LogP contribution in [-0.4, -0.2) is 20.2 Å². The van der Waals surface area contributed by atoms with E-state index in [0.29, 0.717) is 0 Å². The number of hydrogen-bond donors (Lipinski definition) is 1. The fraction of sp³-hybridized carbons (Fsp3) is 0.833. The fourth-order valence-corrected chi connectivity index (χ4v) is 1.26. The van der Waals surface area contributed by atoms with Gasteiger partial charge in [-0.05, 0) is 13.8 Å². The second-order valence-corrected chi connectivity index (χ2v) is 5.43. The number of sulfonamides is 1. The van der Waals surface area contributed by atoms with Crippen LogP contribution in [0.25, 0.3) is 0 Å². The fourth-order valence-electron chi connectivity index (χ4n) is 0.368. The van der Waals surface area contributed by atoms with E-state index in [1.54, 1.807) is 13.8 Å². The number of nitrogens with one attached hydrogen (secondary N) is 1. The first-order valence-corrected chi connectivity index (χ1v) is 5.46. The number of nitriles is 1. The van der Waals surface area contributed by atoms with Crippen LogP contribution in [0.3, 0.4) is 0 Å². The molecule has 0 saturated carbocycles. The maximum Gasteiger partial charge on any atom is 0.225 e. The van der Waals surface area contributed by atoms with Gasteiger partial charge >= 0.3 is 0 Å². The molecule has 0 aliphatic rings. The molecule has 0 atom stereocenters. The summed E-state index contributed by atoms with van der Waals surface area (Å²) in [5, 5.41) is 8.07. The molecular weight excluding hydrogens is 200 g/mol. The van der Waals surface area contributed by atoms with Crippen LogP contribution in [-0.2, 0) is 10.0 Å². The second kappa shape index (κ2) is 4.08. The number of alkyl halides is 1. The summed E-state index contributed by atoms with van der Waals surface area (Å²) >= 11 is 5.13. The van der Waals surface area contributed by atoms with Gasteiger partial charge in [0.25, 0.3) is 0 Å². The summed E-state index contributed by atoms with van der Waals surface area (Å²) in [5.41, 5.74) is -0.695. The summed E-state index contributed by atoms with van der Waals surface area (Å²) in [6.45, 7) is 3.37. The maximum absolute atomic E-state index is 10.8. The standard InChI is InChI=1S/C6H11ClN2O2S/c1-6(2,3-8)4-9-12(10,11)5-7/h9H,4-5H2,1-2H3. The van der Waals surface area contributed by atoms with Crippen molar-refractivity contribution in [2.45, 2.75) is 13.8 Å². The quantitative estimate of drug-likeness (QED) is 0.693. The molecule has 0 aromatic heterocycles. The molecule has 0 heterocycles. The molecule has 0 aromatic rings. The van der Waals surface area contributed by atoms with Crippen molar-refractivity contribution in [2.24, 2.45) is 5.41 Å². The van der Waals surface area contributed by atoms with Crippen LogP contribution in [0, 0.1) is 16.7 Å². The van der Waals surface area contributed by atoms with E-state index in [9.17, 15) is 8.42 Å². The Labute approximate surface area is 77.6 Å². The number of halogens is 1. The molecule has 0 aromatic carbocycles. The molecule has 0 aliphatic heterocycles. The minimum absolute atomic E-state index is 0.0819. The highest BCUT2D eigenvalue weighted by molar-refractivity contribution is 7.90. The third-order valence-corrected chi connectivity index (χ3v) is 2.91. The van der Waals surface area contributed by atoms with Crippen LogP contribution in [0.2, 0.25) is 0 Å². The first-order chi connectivity index (χ1) is 5.33. The highest BCUT2D eigenvalue weighted by Gasteiger charge is 2.19. The molecule has 0 amide bonds. The van der Waals surface area contributed by atoms with E-state index in [-0.39, 0.29) is 6.54 Å². The third-order valence-electron chi connectivity index (χ3n) is 1.18. The van der Waals surface area contributed by atoms with Crippen LogP contribution in [0.4, 0.5) is 0 Å². The summed E-state index contributed by atoms with van der Waals surface area (Å²) in [4.78, 5) is 0. The van der Waals surface area contributed by atoms with Crippen LogP contribution < -0.4 is 4.72 Å². The Bertz CT molecular complexity index is 278. The topological polar surface area (TPSA) is 70.0 Å². The van der Waals surface area contributed by atoms with E-state index in [2.05, 4.69) is 4.72 Å². The van der Waals surface area contributed by atoms with Gasteiger partial charge in [-0.2, -0.15) is 5.26 Å². The molecule has 0 rings (SSSR count). The molecular formula is C6H11ClN2O2S. The summed E-state index contributed by atoms with van der Waals surface area (Å²) in [6, 6.07) is 1.97. The van der Waals surface area contributed by atoms with Crippen molar-refractivity contribution in [3.63, 3.8) is 0 Å². The summed E-state index contributed by atoms with van der Waals surface area (Å²) < 4.78 is 23.8. The van der Waals surface area contributed by atoms with Gasteiger partial charge in [-0.3, -0.25) is 0 Å². The highest BCUT2D eigenvalue weighted by atomic mass is 35.5. The molecule has 70 valence electrons. The van der Waals surface area contributed by atoms with E-state index in [4.69, 9.17) is 16.9 Å². The van der Waals surface area contributed by atoms with Crippen molar-refractivity contribution >= 4 is 21.6 Å². The second-order valence-electron chi connectivity index (χ2n) is 3.04. The van der Waals surface area contributed by atoms with Crippen molar-refractivity contribution in [1.29, 1.82) is 5.26 Å². The normalized spacial score (nSPS) is 12.5. The van der Waals surface area contributed by atoms with E-state index >= 15 is 0 Å². The van der Waals surface area contributed by atoms with Crippen molar-refractivity contribution in [3.05, 3.63) is 0 Å². The van der Waals surface area contributed by atoms with E-state index in [1.807, 2.05) is 6.07 Å². The average molecular weight is 211 g/mol. The lowest BCUT2D eigenvalue weighted by Gasteiger charge is -2.14. The highest BCUT2D eigenvalue weighted by Crippen LogP contribution is 2.11. The lowest BCUT2D eigenvalue weighted by molar-refractivity contribution is 0.480. The molecule has 4 nitrogen and oxygen atoms in total. The van der Waals surface area contributed by atoms with E-state index in [0.717, 1.165) is 0 Å². The van der Waals surface area contributed by atoms with Crippen molar-refractivity contribution in [2.75, 3.05) is 11.8 Å². The third kappa shape index (κ3) is 4.54. The molecule has 1 N–H and O–H groups in total. The summed E-state index contributed by atoms with van der Waals surface area (Å²) in [7, 11) is -3.40. The van der Waals surface area contributed by atoms with Gasteiger partial charge in [-0.1, -0.05) is 0 Å². The van der Waals surface area contributed by atoms with Gasteiger partial charge < -0.3 is 0 Å². The van der Waals surface area contributed by atoms with Gasteiger partial charge in [0, 0.05) is 6.54 Å². The molecule has 0 radical (unpaired) electrons. The Kier molecular flexibility index (Phi) is 3.97. The number of hydrogen-bond acceptors (Lipinski definition) is 3. The Hall–Kier alpha value is -0.310. The first-order valence-electron chi connectivity index (χ1n) is 3.27. The lowest BCUT2D eigenvalue weighted by Crippen LogP contribution is -2.33. The summed E-state index contributed by atoms with van der Waals surface area (Å²) in [5.74, 6) is 0. The largest absolute Gasteiger partial charge is 0.225 e. The minimum atomic E-state index is -3.40. The van der Waals surface area contributed by atoms with Gasteiger partial charge in [-0.25, -0.2) is 13.1 Å². The van der Waals surface area contributed by atoms with Crippen LogP contribution >= 0.6 is 11.6 Å². The van der Waals surface area contributed by atoms with Gasteiger partial charge in [0.05, 0.1) is 11.5 Å². The number of nitrogens with zero attached hydrogens (tertiary/aromatic N) is 1. The smallest absolute Gasteiger partial charge is 0.213 e. The Morgan fingerprint density at radius 3 is 2.42 bits per heavy atom. The molecule has 0 unspecified atom stereocenters. The maximum atomic E-state index is 10.8. The van der Waals surface area contributed by atoms with Gasteiger partial charge in [0.2, 0.25) is 10.0 Å². The first kappa shape index (κ1) is 11.7.